The first-order valence-electron chi connectivity index (χ1n) is 9.11. The summed E-state index contributed by atoms with van der Waals surface area (Å²) in [5.74, 6) is -2.37. The standard InChI is InChI=1S/C20H28O10S/c1-4-16(23)27-11-20(12-28-17(24)5-2,13-29-18(25)6-3)14-30-19(26)7-8-31-10-15(22)9-21/h4-6,15,21-22H,1-3,7-14H2. The van der Waals surface area contributed by atoms with E-state index in [1.54, 1.807) is 0 Å². The van der Waals surface area contributed by atoms with Gasteiger partial charge in [-0.05, 0) is 0 Å². The average Bonchev–Trinajstić information content (AvgIpc) is 2.79. The molecule has 1 unspecified atom stereocenters. The van der Waals surface area contributed by atoms with Crippen LogP contribution in [0.25, 0.3) is 0 Å². The fraction of sp³-hybridized carbons (Fsp3) is 0.500. The van der Waals surface area contributed by atoms with Crippen molar-refractivity contribution in [2.45, 2.75) is 12.5 Å². The van der Waals surface area contributed by atoms with Crippen LogP contribution in [0.3, 0.4) is 0 Å². The Kier molecular flexibility index (Phi) is 14.7. The van der Waals surface area contributed by atoms with Crippen LogP contribution >= 0.6 is 11.8 Å². The van der Waals surface area contributed by atoms with Crippen LogP contribution in [-0.2, 0) is 38.1 Å². The molecule has 0 saturated carbocycles. The quantitative estimate of drug-likeness (QED) is 0.133. The van der Waals surface area contributed by atoms with Gasteiger partial charge in [0.1, 0.15) is 31.8 Å². The maximum Gasteiger partial charge on any atom is 0.330 e. The van der Waals surface area contributed by atoms with Crippen LogP contribution in [0.2, 0.25) is 0 Å². The number of ether oxygens (including phenoxy) is 4. The number of carbonyl (C=O) groups is 4. The number of esters is 4. The maximum atomic E-state index is 12.1. The van der Waals surface area contributed by atoms with Gasteiger partial charge in [-0.15, -0.1) is 0 Å². The summed E-state index contributed by atoms with van der Waals surface area (Å²) in [6.07, 6.45) is 1.86. The number of thioether (sulfide) groups is 1. The fourth-order valence-corrected chi connectivity index (χ4v) is 2.69. The smallest absolute Gasteiger partial charge is 0.330 e. The van der Waals surface area contributed by atoms with E-state index in [4.69, 9.17) is 24.1 Å². The Hall–Kier alpha value is -2.63. The molecule has 0 heterocycles. The number of carbonyl (C=O) groups excluding carboxylic acids is 4. The Bertz CT molecular complexity index is 586. The first-order chi connectivity index (χ1) is 14.7. The van der Waals surface area contributed by atoms with Crippen molar-refractivity contribution < 1.29 is 48.3 Å². The van der Waals surface area contributed by atoms with Gasteiger partial charge in [0.15, 0.2) is 0 Å². The summed E-state index contributed by atoms with van der Waals surface area (Å²) < 4.78 is 20.3. The van der Waals surface area contributed by atoms with Crippen molar-refractivity contribution in [3.8, 4) is 0 Å². The van der Waals surface area contributed by atoms with E-state index in [9.17, 15) is 24.3 Å². The van der Waals surface area contributed by atoms with Crippen molar-refractivity contribution in [2.75, 3.05) is 44.5 Å². The van der Waals surface area contributed by atoms with E-state index in [0.717, 1.165) is 18.2 Å². The van der Waals surface area contributed by atoms with Gasteiger partial charge >= 0.3 is 23.9 Å². The van der Waals surface area contributed by atoms with Crippen LogP contribution in [0.4, 0.5) is 0 Å². The Morgan fingerprint density at radius 1 is 0.839 bits per heavy atom. The lowest BCUT2D eigenvalue weighted by atomic mass is 9.92. The maximum absolute atomic E-state index is 12.1. The number of hydrogen-bond acceptors (Lipinski definition) is 11. The third kappa shape index (κ3) is 13.3. The van der Waals surface area contributed by atoms with Crippen molar-refractivity contribution in [3.63, 3.8) is 0 Å². The Morgan fingerprint density at radius 3 is 1.65 bits per heavy atom. The van der Waals surface area contributed by atoms with Gasteiger partial charge in [-0.2, -0.15) is 11.8 Å². The summed E-state index contributed by atoms with van der Waals surface area (Å²) in [6.45, 7) is 7.84. The predicted octanol–water partition coefficient (Wildman–Crippen LogP) is 0.180. The highest BCUT2D eigenvalue weighted by Gasteiger charge is 2.37. The van der Waals surface area contributed by atoms with Crippen molar-refractivity contribution in [3.05, 3.63) is 38.0 Å². The molecule has 0 aliphatic rings. The third-order valence-corrected chi connectivity index (χ3v) is 4.69. The lowest BCUT2D eigenvalue weighted by Crippen LogP contribution is -2.43. The molecular weight excluding hydrogens is 432 g/mol. The van der Waals surface area contributed by atoms with Crippen LogP contribution in [0, 0.1) is 5.41 Å². The van der Waals surface area contributed by atoms with Crippen LogP contribution in [0.15, 0.2) is 38.0 Å². The zero-order valence-corrected chi connectivity index (χ0v) is 18.0. The molecule has 31 heavy (non-hydrogen) atoms. The molecule has 0 aromatic heterocycles. The average molecular weight is 461 g/mol. The minimum atomic E-state index is -1.38. The molecule has 0 saturated heterocycles. The highest BCUT2D eigenvalue weighted by molar-refractivity contribution is 7.99. The monoisotopic (exact) mass is 460 g/mol. The minimum absolute atomic E-state index is 0.00969. The molecule has 10 nitrogen and oxygen atoms in total. The first kappa shape index (κ1) is 28.4. The van der Waals surface area contributed by atoms with E-state index >= 15 is 0 Å². The molecule has 2 N–H and O–H groups in total. The minimum Gasteiger partial charge on any atom is -0.465 e. The zero-order chi connectivity index (χ0) is 23.7. The Morgan fingerprint density at radius 2 is 1.26 bits per heavy atom. The molecule has 174 valence electrons. The second kappa shape index (κ2) is 16.1. The van der Waals surface area contributed by atoms with Crippen LogP contribution < -0.4 is 0 Å². The summed E-state index contributed by atoms with van der Waals surface area (Å²) in [5, 5.41) is 18.0. The van der Waals surface area contributed by atoms with E-state index in [2.05, 4.69) is 19.7 Å². The number of aliphatic hydroxyl groups excluding tert-OH is 2. The summed E-state index contributed by atoms with van der Waals surface area (Å²) in [7, 11) is 0. The van der Waals surface area contributed by atoms with Crippen molar-refractivity contribution in [1.82, 2.24) is 0 Å². The van der Waals surface area contributed by atoms with Crippen molar-refractivity contribution >= 4 is 35.6 Å². The Balaban J connectivity index is 5.15. The van der Waals surface area contributed by atoms with Crippen LogP contribution in [0.1, 0.15) is 6.42 Å². The molecule has 0 rings (SSSR count). The van der Waals surface area contributed by atoms with Crippen LogP contribution in [0.5, 0.6) is 0 Å². The second-order valence-electron chi connectivity index (χ2n) is 6.26. The van der Waals surface area contributed by atoms with Gasteiger partial charge in [-0.1, -0.05) is 19.7 Å². The third-order valence-electron chi connectivity index (χ3n) is 3.57. The predicted molar refractivity (Wildman–Crippen MR) is 112 cm³/mol. The van der Waals surface area contributed by atoms with E-state index in [1.165, 1.54) is 11.8 Å². The highest BCUT2D eigenvalue weighted by atomic mass is 32.2. The highest BCUT2D eigenvalue weighted by Crippen LogP contribution is 2.22. The molecule has 0 spiro atoms. The molecule has 0 aromatic carbocycles. The summed E-state index contributed by atoms with van der Waals surface area (Å²) in [5.41, 5.74) is -1.38. The summed E-state index contributed by atoms with van der Waals surface area (Å²) in [6, 6.07) is 0. The number of aliphatic hydroxyl groups is 2. The number of hydrogen-bond donors (Lipinski definition) is 2. The summed E-state index contributed by atoms with van der Waals surface area (Å²) in [4.78, 5) is 46.6. The molecule has 0 radical (unpaired) electrons. The van der Waals surface area contributed by atoms with Gasteiger partial charge in [0.25, 0.3) is 0 Å². The number of rotatable bonds is 17. The first-order valence-corrected chi connectivity index (χ1v) is 10.3. The molecule has 0 amide bonds. The van der Waals surface area contributed by atoms with Gasteiger partial charge in [0.05, 0.1) is 19.1 Å². The van der Waals surface area contributed by atoms with E-state index in [1.807, 2.05) is 0 Å². The molecular formula is C20H28O10S. The van der Waals surface area contributed by atoms with Gasteiger partial charge in [0.2, 0.25) is 0 Å². The SMILES string of the molecule is C=CC(=O)OCC(COC(=O)C=C)(COC(=O)C=C)COC(=O)CCSCC(O)CO. The zero-order valence-electron chi connectivity index (χ0n) is 17.2. The van der Waals surface area contributed by atoms with Gasteiger partial charge < -0.3 is 29.2 Å². The Labute approximate surface area is 184 Å². The van der Waals surface area contributed by atoms with Crippen LogP contribution in [-0.4, -0.2) is 84.7 Å². The van der Waals surface area contributed by atoms with Gasteiger partial charge in [0, 0.05) is 29.7 Å². The molecule has 0 aliphatic carbocycles. The lowest BCUT2D eigenvalue weighted by molar-refractivity contribution is -0.165. The van der Waals surface area contributed by atoms with E-state index < -0.39 is 61.8 Å². The van der Waals surface area contributed by atoms with Crippen molar-refractivity contribution in [2.24, 2.45) is 5.41 Å². The molecule has 0 aliphatic heterocycles. The summed E-state index contributed by atoms with van der Waals surface area (Å²) >= 11 is 1.25. The molecule has 0 aromatic rings. The topological polar surface area (TPSA) is 146 Å². The van der Waals surface area contributed by atoms with E-state index in [-0.39, 0.29) is 18.8 Å². The van der Waals surface area contributed by atoms with Crippen molar-refractivity contribution in [1.29, 1.82) is 0 Å². The normalized spacial score (nSPS) is 11.5. The molecule has 0 bridgehead atoms. The molecule has 1 atom stereocenters. The lowest BCUT2D eigenvalue weighted by Gasteiger charge is -2.31. The second-order valence-corrected chi connectivity index (χ2v) is 7.41. The molecule has 11 heteroatoms. The largest absolute Gasteiger partial charge is 0.465 e. The molecule has 0 fully saturated rings. The van der Waals surface area contributed by atoms with E-state index in [0.29, 0.717) is 5.75 Å². The van der Waals surface area contributed by atoms with Gasteiger partial charge in [-0.3, -0.25) is 4.79 Å². The fourth-order valence-electron chi connectivity index (χ4n) is 1.83. The van der Waals surface area contributed by atoms with Gasteiger partial charge in [-0.25, -0.2) is 14.4 Å².